The van der Waals surface area contributed by atoms with E-state index in [1.807, 2.05) is 4.98 Å². The van der Waals surface area contributed by atoms with Crippen molar-refractivity contribution in [3.05, 3.63) is 105 Å². The van der Waals surface area contributed by atoms with Crippen molar-refractivity contribution in [3.63, 3.8) is 0 Å². The number of unbranched alkanes of at least 4 members (excludes halogenated alkanes) is 7. The van der Waals surface area contributed by atoms with Gasteiger partial charge < -0.3 is 34.6 Å². The second-order valence-electron chi connectivity index (χ2n) is 16.7. The Morgan fingerprint density at radius 3 is 2.17 bits per heavy atom. The number of carbonyl (C=O) groups is 1. The van der Waals surface area contributed by atoms with Gasteiger partial charge in [-0.05, 0) is 72.9 Å². The lowest BCUT2D eigenvalue weighted by atomic mass is 10.1. The molecule has 0 aliphatic carbocycles. The molecular formula is C44H52F2N8O14P2S. The van der Waals surface area contributed by atoms with Crippen LogP contribution in [0.15, 0.2) is 88.0 Å². The lowest BCUT2D eigenvalue weighted by Crippen LogP contribution is -2.38. The van der Waals surface area contributed by atoms with Crippen molar-refractivity contribution >= 4 is 55.7 Å². The molecule has 5 aromatic rings. The Morgan fingerprint density at radius 2 is 1.48 bits per heavy atom. The van der Waals surface area contributed by atoms with Gasteiger partial charge in [0.15, 0.2) is 36.3 Å². The van der Waals surface area contributed by atoms with Gasteiger partial charge in [0.25, 0.3) is 5.56 Å². The van der Waals surface area contributed by atoms with Gasteiger partial charge in [-0.25, -0.2) is 42.5 Å². The van der Waals surface area contributed by atoms with Crippen LogP contribution in [0.25, 0.3) is 11.2 Å². The van der Waals surface area contributed by atoms with E-state index in [0.717, 1.165) is 55.4 Å². The van der Waals surface area contributed by atoms with Crippen LogP contribution in [0.5, 0.6) is 11.5 Å². The number of fused-ring (bicyclic) bond motifs is 3. The summed E-state index contributed by atoms with van der Waals surface area (Å²) in [6.45, 7) is -1.53. The van der Waals surface area contributed by atoms with Crippen LogP contribution >= 0.6 is 26.0 Å². The van der Waals surface area contributed by atoms with Gasteiger partial charge in [0.05, 0.1) is 31.7 Å². The number of rotatable bonds is 19. The molecule has 27 heteroatoms. The summed E-state index contributed by atoms with van der Waals surface area (Å²) in [6, 6.07) is 13.7. The number of nitrogens with one attached hydrogen (secondary N) is 1. The molecule has 3 fully saturated rings. The van der Waals surface area contributed by atoms with Crippen molar-refractivity contribution in [3.8, 4) is 11.5 Å². The topological polar surface area (TPSA) is 282 Å². The number of esters is 1. The lowest BCUT2D eigenvalue weighted by Gasteiger charge is -2.29. The van der Waals surface area contributed by atoms with E-state index in [0.29, 0.717) is 33.9 Å². The van der Waals surface area contributed by atoms with E-state index in [4.69, 9.17) is 42.8 Å². The van der Waals surface area contributed by atoms with Gasteiger partial charge in [0.2, 0.25) is 0 Å². The Balaban J connectivity index is 0.927. The minimum atomic E-state index is -5.24. The Morgan fingerprint density at radius 1 is 0.845 bits per heavy atom. The summed E-state index contributed by atoms with van der Waals surface area (Å²) in [4.78, 5) is 66.3. The number of hydrogen-bond donors (Lipinski definition) is 3. The second-order valence-corrected chi connectivity index (χ2v) is 22.2. The maximum Gasteiger partial charge on any atom is 0.472 e. The average molecular weight is 1050 g/mol. The molecule has 4 N–H and O–H groups in total. The molecule has 3 aliphatic heterocycles. The van der Waals surface area contributed by atoms with Crippen LogP contribution < -0.4 is 26.5 Å². The SMILES string of the molecule is C=NCCCCCCCCCCOc1ccc(C(=O)Oc2ccc(CSP3(=O)OC[C@H]4O[C@@H](n5cnc6c(N)ncnc65)[C@H](F)[C@@H]4OP(=O)(O)OC[C@H]4O[C@@H](n5ccc(=O)[nH]c5=O)[C@H](F)[C@@H]4O3)cc2)cc1. The number of H-pyrrole nitrogens is 1. The van der Waals surface area contributed by atoms with Crippen molar-refractivity contribution in [1.29, 1.82) is 0 Å². The number of aliphatic imine (C=N–C) groups is 1. The first-order valence-corrected chi connectivity index (χ1v) is 27.4. The highest BCUT2D eigenvalue weighted by Gasteiger charge is 2.55. The van der Waals surface area contributed by atoms with Crippen molar-refractivity contribution in [2.45, 2.75) is 106 Å². The van der Waals surface area contributed by atoms with Crippen molar-refractivity contribution in [2.24, 2.45) is 4.99 Å². The molecule has 0 amide bonds. The van der Waals surface area contributed by atoms with E-state index in [1.54, 1.807) is 36.4 Å². The minimum Gasteiger partial charge on any atom is -0.494 e. The van der Waals surface area contributed by atoms with Crippen LogP contribution in [0, 0.1) is 0 Å². The first kappa shape index (κ1) is 52.1. The van der Waals surface area contributed by atoms with Crippen LogP contribution in [-0.2, 0) is 42.5 Å². The number of benzene rings is 2. The average Bonchev–Trinajstić information content (AvgIpc) is 4.01. The number of ether oxygens (including phenoxy) is 4. The standard InChI is InChI=1S/C44H52F2N8O14P2S/c1-48-19-8-6-4-2-3-5-7-9-21-61-29-16-12-28(13-17-29)43(56)64-30-14-10-27(11-15-30)24-71-70(60)63-23-32-37(34(45)42(66-32)54-26-51-36-39(47)49-25-50-40(36)54)67-69(58,59)62-22-31-38(68-70)35(46)41(65-31)53-20-18-33(55)52-44(53)57/h10-18,20,25-26,31-32,34-35,37-38,41-42H,1-9,19,21-24H2,(H,58,59)(H2,47,49,50)(H,52,55,57)/t31-,32-,34-,35-,37-,38-,41-,42-,70?/m1/s1. The molecule has 0 saturated carbocycles. The first-order chi connectivity index (χ1) is 34.2. The molecule has 22 nitrogen and oxygen atoms in total. The van der Waals surface area contributed by atoms with Gasteiger partial charge in [0.1, 0.15) is 47.8 Å². The molecule has 0 spiro atoms. The monoisotopic (exact) mass is 1050 g/mol. The van der Waals surface area contributed by atoms with Gasteiger partial charge in [-0.2, -0.15) is 0 Å². The van der Waals surface area contributed by atoms with Crippen LogP contribution in [0.3, 0.4) is 0 Å². The number of hydrogen-bond acceptors (Lipinski definition) is 19. The number of nitrogens with zero attached hydrogens (tertiary/aromatic N) is 6. The normalized spacial score (nSPS) is 27.8. The van der Waals surface area contributed by atoms with E-state index in [9.17, 15) is 28.4 Å². The smallest absolute Gasteiger partial charge is 0.472 e. The summed E-state index contributed by atoms with van der Waals surface area (Å²) < 4.78 is 109. The largest absolute Gasteiger partial charge is 0.494 e. The summed E-state index contributed by atoms with van der Waals surface area (Å²) >= 11 is 0.593. The third-order valence-corrected chi connectivity index (χ3v) is 16.4. The predicted molar refractivity (Wildman–Crippen MR) is 254 cm³/mol. The van der Waals surface area contributed by atoms with Crippen molar-refractivity contribution < 1.29 is 64.6 Å². The lowest BCUT2D eigenvalue weighted by molar-refractivity contribution is -0.0619. The number of phosphoric ester groups is 1. The number of phosphoric acid groups is 1. The number of aromatic nitrogens is 6. The molecule has 8 rings (SSSR count). The zero-order chi connectivity index (χ0) is 50.1. The van der Waals surface area contributed by atoms with E-state index < -0.39 is 94.3 Å². The molecule has 382 valence electrons. The zero-order valence-electron chi connectivity index (χ0n) is 38.0. The van der Waals surface area contributed by atoms with Gasteiger partial charge in [-0.3, -0.25) is 37.0 Å². The number of halogens is 2. The molecule has 6 heterocycles. The van der Waals surface area contributed by atoms with Crippen LogP contribution in [0.1, 0.15) is 79.7 Å². The molecule has 0 bridgehead atoms. The number of anilines is 1. The first-order valence-electron chi connectivity index (χ1n) is 22.7. The fourth-order valence-electron chi connectivity index (χ4n) is 8.04. The van der Waals surface area contributed by atoms with Gasteiger partial charge in [-0.1, -0.05) is 50.7 Å². The molecular weight excluding hydrogens is 997 g/mol. The van der Waals surface area contributed by atoms with E-state index in [2.05, 4.69) is 26.7 Å². The maximum atomic E-state index is 16.5. The summed E-state index contributed by atoms with van der Waals surface area (Å²) in [5.74, 6) is 0.0637. The molecule has 71 heavy (non-hydrogen) atoms. The molecule has 2 unspecified atom stereocenters. The highest BCUT2D eigenvalue weighted by Crippen LogP contribution is 2.65. The molecule has 3 aromatic heterocycles. The highest BCUT2D eigenvalue weighted by molar-refractivity contribution is 8.54. The van der Waals surface area contributed by atoms with Crippen LogP contribution in [-0.4, -0.2) is 110 Å². The van der Waals surface area contributed by atoms with Gasteiger partial charge >= 0.3 is 26.3 Å². The van der Waals surface area contributed by atoms with Crippen molar-refractivity contribution in [2.75, 3.05) is 32.1 Å². The maximum absolute atomic E-state index is 16.5. The number of alkyl halides is 2. The third-order valence-electron chi connectivity index (χ3n) is 11.7. The highest BCUT2D eigenvalue weighted by atomic mass is 32.7. The summed E-state index contributed by atoms with van der Waals surface area (Å²) in [5.41, 5.74) is 5.03. The van der Waals surface area contributed by atoms with Gasteiger partial charge in [-0.15, -0.1) is 0 Å². The molecule has 3 aliphatic rings. The quantitative estimate of drug-likeness (QED) is 0.0252. The molecule has 2 aromatic carbocycles. The number of carbonyl (C=O) groups excluding carboxylic acids is 1. The van der Waals surface area contributed by atoms with E-state index in [-0.39, 0.29) is 34.0 Å². The number of nitrogens with two attached hydrogens (primary N) is 1. The fourth-order valence-corrected chi connectivity index (χ4v) is 12.4. The Bertz CT molecular complexity index is 2850. The fraction of sp³-hybridized carbons (Fsp3) is 0.477. The zero-order valence-corrected chi connectivity index (χ0v) is 40.6. The van der Waals surface area contributed by atoms with E-state index >= 15 is 8.78 Å². The molecule has 10 atom stereocenters. The summed E-state index contributed by atoms with van der Waals surface area (Å²) in [5, 5.41) is 0. The second kappa shape index (κ2) is 23.6. The molecule has 3 saturated heterocycles. The minimum absolute atomic E-state index is 0.0158. The van der Waals surface area contributed by atoms with Crippen molar-refractivity contribution in [1.82, 2.24) is 29.1 Å². The third kappa shape index (κ3) is 13.1. The number of nitrogen functional groups attached to an aromatic ring is 1. The molecule has 0 radical (unpaired) electrons. The van der Waals surface area contributed by atoms with Gasteiger partial charge in [0, 0.05) is 24.6 Å². The number of aromatic amines is 1. The summed E-state index contributed by atoms with van der Waals surface area (Å²) in [6.07, 6.45) is -2.77. The van der Waals surface area contributed by atoms with E-state index in [1.165, 1.54) is 44.1 Å². The Hall–Kier alpha value is -5.20. The number of imidazole rings is 1. The summed E-state index contributed by atoms with van der Waals surface area (Å²) in [7, 11) is -5.24. The predicted octanol–water partition coefficient (Wildman–Crippen LogP) is 6.81. The Labute approximate surface area is 408 Å². The van der Waals surface area contributed by atoms with Crippen LogP contribution in [0.4, 0.5) is 14.6 Å². The Kier molecular flexibility index (Phi) is 17.3. The van der Waals surface area contributed by atoms with Crippen LogP contribution in [0.2, 0.25) is 0 Å².